The number of hydrogen-bond donors (Lipinski definition) is 1. The summed E-state index contributed by atoms with van der Waals surface area (Å²) in [5.41, 5.74) is 1.02. The summed E-state index contributed by atoms with van der Waals surface area (Å²) in [6.45, 7) is 0. The average molecular weight is 261 g/mol. The summed E-state index contributed by atoms with van der Waals surface area (Å²) in [5, 5.41) is 2.94. The predicted molar refractivity (Wildman–Crippen MR) is 71.3 cm³/mol. The first kappa shape index (κ1) is 14.5. The van der Waals surface area contributed by atoms with E-state index in [2.05, 4.69) is 14.8 Å². The van der Waals surface area contributed by atoms with E-state index in [0.29, 0.717) is 0 Å². The van der Waals surface area contributed by atoms with Gasteiger partial charge in [0.05, 0.1) is 19.8 Å². The molecule has 1 rings (SSSR count). The van der Waals surface area contributed by atoms with Gasteiger partial charge in [-0.05, 0) is 18.2 Å². The molecular weight excluding hydrogens is 246 g/mol. The van der Waals surface area contributed by atoms with Crippen molar-refractivity contribution in [1.82, 2.24) is 0 Å². The number of rotatable bonds is 5. The average Bonchev–Trinajstić information content (AvgIpc) is 2.47. The van der Waals surface area contributed by atoms with E-state index in [1.165, 1.54) is 26.5 Å². The molecule has 1 N–H and O–H groups in total. The van der Waals surface area contributed by atoms with Crippen LogP contribution in [0.15, 0.2) is 54.3 Å². The summed E-state index contributed by atoms with van der Waals surface area (Å²) < 4.78 is 9.07. The predicted octanol–water partition coefficient (Wildman–Crippen LogP) is 1.88. The Hall–Kier alpha value is -2.56. The molecule has 0 aliphatic carbocycles. The van der Waals surface area contributed by atoms with E-state index in [1.54, 1.807) is 0 Å². The van der Waals surface area contributed by atoms with Crippen LogP contribution in [0.2, 0.25) is 0 Å². The quantitative estimate of drug-likeness (QED) is 0.498. The minimum Gasteiger partial charge on any atom is -0.466 e. The maximum absolute atomic E-state index is 11.5. The minimum absolute atomic E-state index is 0.205. The van der Waals surface area contributed by atoms with Gasteiger partial charge in [-0.2, -0.15) is 0 Å². The van der Waals surface area contributed by atoms with Crippen molar-refractivity contribution in [3.8, 4) is 0 Å². The number of ether oxygens (including phenoxy) is 2. The van der Waals surface area contributed by atoms with E-state index in [4.69, 9.17) is 0 Å². The third kappa shape index (κ3) is 5.08. The lowest BCUT2D eigenvalue weighted by Gasteiger charge is -2.03. The number of carbonyl (C=O) groups excluding carboxylic acids is 2. The summed E-state index contributed by atoms with van der Waals surface area (Å²) in [5.74, 6) is -1.10. The molecule has 19 heavy (non-hydrogen) atoms. The van der Waals surface area contributed by atoms with Gasteiger partial charge < -0.3 is 14.8 Å². The molecule has 5 heteroatoms. The number of methoxy groups -OCH3 is 2. The standard InChI is InChI=1S/C14H15NO4/c1-18-13(16)9-8-11(14(17)19-2)10-15-12-6-4-3-5-7-12/h3-10,15H,1-2H3. The van der Waals surface area contributed by atoms with Crippen LogP contribution in [0.5, 0.6) is 0 Å². The monoisotopic (exact) mass is 261 g/mol. The summed E-state index contributed by atoms with van der Waals surface area (Å²) in [4.78, 5) is 22.5. The van der Waals surface area contributed by atoms with Crippen molar-refractivity contribution in [2.45, 2.75) is 0 Å². The number of esters is 2. The van der Waals surface area contributed by atoms with Gasteiger partial charge in [0.1, 0.15) is 0 Å². The summed E-state index contributed by atoms with van der Waals surface area (Å²) in [7, 11) is 2.53. The number of benzene rings is 1. The van der Waals surface area contributed by atoms with Crippen LogP contribution in [0.25, 0.3) is 0 Å². The van der Waals surface area contributed by atoms with Crippen LogP contribution < -0.4 is 5.32 Å². The van der Waals surface area contributed by atoms with E-state index in [1.807, 2.05) is 30.3 Å². The van der Waals surface area contributed by atoms with Gasteiger partial charge in [0, 0.05) is 18.0 Å². The summed E-state index contributed by atoms with van der Waals surface area (Å²) in [6, 6.07) is 9.29. The summed E-state index contributed by atoms with van der Waals surface area (Å²) >= 11 is 0. The third-order valence-corrected chi connectivity index (χ3v) is 2.19. The molecule has 0 aliphatic heterocycles. The molecule has 0 aromatic heterocycles. The molecule has 0 heterocycles. The Morgan fingerprint density at radius 2 is 1.74 bits per heavy atom. The fourth-order valence-corrected chi connectivity index (χ4v) is 1.21. The molecule has 5 nitrogen and oxygen atoms in total. The molecule has 0 atom stereocenters. The second kappa shape index (κ2) is 7.71. The molecule has 0 spiro atoms. The highest BCUT2D eigenvalue weighted by Gasteiger charge is 2.06. The Kier molecular flexibility index (Phi) is 5.88. The molecule has 0 bridgehead atoms. The van der Waals surface area contributed by atoms with Gasteiger partial charge in [-0.25, -0.2) is 9.59 Å². The lowest BCUT2D eigenvalue weighted by Crippen LogP contribution is -2.06. The molecule has 0 saturated heterocycles. The zero-order chi connectivity index (χ0) is 14.1. The van der Waals surface area contributed by atoms with Gasteiger partial charge in [-0.15, -0.1) is 0 Å². The second-order valence-corrected chi connectivity index (χ2v) is 3.46. The fourth-order valence-electron chi connectivity index (χ4n) is 1.21. The van der Waals surface area contributed by atoms with Gasteiger partial charge in [0.15, 0.2) is 0 Å². The van der Waals surface area contributed by atoms with Crippen molar-refractivity contribution >= 4 is 17.6 Å². The van der Waals surface area contributed by atoms with Crippen LogP contribution in [0.3, 0.4) is 0 Å². The second-order valence-electron chi connectivity index (χ2n) is 3.46. The highest BCUT2D eigenvalue weighted by molar-refractivity contribution is 5.94. The number of nitrogens with one attached hydrogen (secondary N) is 1. The lowest BCUT2D eigenvalue weighted by molar-refractivity contribution is -0.135. The van der Waals surface area contributed by atoms with Crippen molar-refractivity contribution in [2.75, 3.05) is 19.5 Å². The Balaban J connectivity index is 2.82. The Labute approximate surface area is 111 Å². The topological polar surface area (TPSA) is 64.6 Å². The zero-order valence-corrected chi connectivity index (χ0v) is 10.8. The van der Waals surface area contributed by atoms with Crippen molar-refractivity contribution in [3.63, 3.8) is 0 Å². The first-order valence-corrected chi connectivity index (χ1v) is 5.53. The maximum Gasteiger partial charge on any atom is 0.339 e. The van der Waals surface area contributed by atoms with Crippen molar-refractivity contribution < 1.29 is 19.1 Å². The molecule has 0 fully saturated rings. The van der Waals surface area contributed by atoms with Gasteiger partial charge in [0.2, 0.25) is 0 Å². The van der Waals surface area contributed by atoms with E-state index in [0.717, 1.165) is 11.8 Å². The molecule has 0 aliphatic rings. The molecule has 0 radical (unpaired) electrons. The van der Waals surface area contributed by atoms with Crippen LogP contribution in [0, 0.1) is 0 Å². The number of para-hydroxylation sites is 1. The molecule has 1 aromatic carbocycles. The van der Waals surface area contributed by atoms with E-state index in [9.17, 15) is 9.59 Å². The number of anilines is 1. The van der Waals surface area contributed by atoms with Crippen LogP contribution in [0.1, 0.15) is 0 Å². The normalized spacial score (nSPS) is 11.2. The number of hydrogen-bond acceptors (Lipinski definition) is 5. The smallest absolute Gasteiger partial charge is 0.339 e. The van der Waals surface area contributed by atoms with Gasteiger partial charge in [-0.3, -0.25) is 0 Å². The maximum atomic E-state index is 11.5. The van der Waals surface area contributed by atoms with E-state index in [-0.39, 0.29) is 5.57 Å². The minimum atomic E-state index is -0.552. The van der Waals surface area contributed by atoms with Gasteiger partial charge in [0.25, 0.3) is 0 Å². The third-order valence-electron chi connectivity index (χ3n) is 2.19. The molecule has 1 aromatic rings. The Bertz CT molecular complexity index is 491. The van der Waals surface area contributed by atoms with Crippen LogP contribution in [-0.4, -0.2) is 26.2 Å². The summed E-state index contributed by atoms with van der Waals surface area (Å²) in [6.07, 6.45) is 3.93. The Morgan fingerprint density at radius 3 is 2.32 bits per heavy atom. The van der Waals surface area contributed by atoms with Crippen LogP contribution >= 0.6 is 0 Å². The van der Waals surface area contributed by atoms with E-state index < -0.39 is 11.9 Å². The lowest BCUT2D eigenvalue weighted by atomic mass is 10.2. The van der Waals surface area contributed by atoms with E-state index >= 15 is 0 Å². The highest BCUT2D eigenvalue weighted by Crippen LogP contribution is 2.07. The molecule has 0 amide bonds. The van der Waals surface area contributed by atoms with Crippen molar-refractivity contribution in [2.24, 2.45) is 0 Å². The van der Waals surface area contributed by atoms with Gasteiger partial charge in [-0.1, -0.05) is 18.2 Å². The van der Waals surface area contributed by atoms with Crippen LogP contribution in [-0.2, 0) is 19.1 Å². The highest BCUT2D eigenvalue weighted by atomic mass is 16.5. The molecule has 0 saturated carbocycles. The van der Waals surface area contributed by atoms with Crippen molar-refractivity contribution in [1.29, 1.82) is 0 Å². The largest absolute Gasteiger partial charge is 0.466 e. The first-order valence-electron chi connectivity index (χ1n) is 5.53. The number of carbonyl (C=O) groups is 2. The molecule has 100 valence electrons. The molecular formula is C14H15NO4. The van der Waals surface area contributed by atoms with Crippen LogP contribution in [0.4, 0.5) is 5.69 Å². The SMILES string of the molecule is COC(=O)C=CC(=CNc1ccccc1)C(=O)OC. The first-order chi connectivity index (χ1) is 9.17. The molecule has 0 unspecified atom stereocenters. The fraction of sp³-hybridized carbons (Fsp3) is 0.143. The van der Waals surface area contributed by atoms with Gasteiger partial charge >= 0.3 is 11.9 Å². The Morgan fingerprint density at radius 1 is 1.05 bits per heavy atom. The zero-order valence-electron chi connectivity index (χ0n) is 10.8. The van der Waals surface area contributed by atoms with Crippen molar-refractivity contribution in [3.05, 3.63) is 54.3 Å².